The fourth-order valence-electron chi connectivity index (χ4n) is 0.962. The van der Waals surface area contributed by atoms with E-state index in [0.29, 0.717) is 12.4 Å². The number of urea groups is 1. The maximum Gasteiger partial charge on any atom is 0.320 e. The molecule has 0 aliphatic rings. The van der Waals surface area contributed by atoms with E-state index in [2.05, 4.69) is 15.7 Å². The van der Waals surface area contributed by atoms with E-state index >= 15 is 0 Å². The van der Waals surface area contributed by atoms with E-state index in [1.807, 2.05) is 0 Å². The lowest BCUT2D eigenvalue weighted by atomic mass is 10.3. The summed E-state index contributed by atoms with van der Waals surface area (Å²) in [6.07, 6.45) is 1.77. The summed E-state index contributed by atoms with van der Waals surface area (Å²) in [6.45, 7) is 0.354. The van der Waals surface area contributed by atoms with Crippen molar-refractivity contribution in [2.45, 2.75) is 6.54 Å². The lowest BCUT2D eigenvalue weighted by Gasteiger charge is -2.01. The van der Waals surface area contributed by atoms with E-state index in [1.165, 1.54) is 0 Å². The fraction of sp³-hybridized carbons (Fsp3) is 0.429. The number of carbonyl (C=O) groups is 1. The molecule has 0 spiro atoms. The summed E-state index contributed by atoms with van der Waals surface area (Å²) < 4.78 is 1.60. The molecule has 72 valence electrons. The van der Waals surface area contributed by atoms with Crippen molar-refractivity contribution >= 4 is 11.8 Å². The molecule has 2 amide bonds. The number of carbonyl (C=O) groups excluding carboxylic acids is 1. The molecule has 6 heteroatoms. The molecule has 0 radical (unpaired) electrons. The summed E-state index contributed by atoms with van der Waals surface area (Å²) in [7, 11) is 3.31. The topological polar surface area (TPSA) is 85.0 Å². The molecule has 4 N–H and O–H groups in total. The first-order valence-corrected chi connectivity index (χ1v) is 3.88. The van der Waals surface area contributed by atoms with Crippen LogP contribution in [0.15, 0.2) is 6.20 Å². The third kappa shape index (κ3) is 2.19. The quantitative estimate of drug-likeness (QED) is 0.584. The van der Waals surface area contributed by atoms with Crippen molar-refractivity contribution in [1.29, 1.82) is 0 Å². The summed E-state index contributed by atoms with van der Waals surface area (Å²) in [4.78, 5) is 10.9. The molecular formula is C7H13N5O. The van der Waals surface area contributed by atoms with Crippen molar-refractivity contribution < 1.29 is 4.79 Å². The molecule has 1 aromatic rings. The van der Waals surface area contributed by atoms with Crippen molar-refractivity contribution in [1.82, 2.24) is 15.1 Å². The highest BCUT2D eigenvalue weighted by Crippen LogP contribution is 2.10. The maximum absolute atomic E-state index is 10.9. The first-order valence-electron chi connectivity index (χ1n) is 3.88. The van der Waals surface area contributed by atoms with Crippen LogP contribution in [-0.4, -0.2) is 22.9 Å². The largest absolute Gasteiger partial charge is 0.341 e. The highest BCUT2D eigenvalue weighted by Gasteiger charge is 2.07. The van der Waals surface area contributed by atoms with Gasteiger partial charge >= 0.3 is 6.03 Å². The summed E-state index contributed by atoms with van der Waals surface area (Å²) in [5, 5.41) is 9.04. The van der Waals surface area contributed by atoms with Crippen LogP contribution in [0.1, 0.15) is 5.56 Å². The van der Waals surface area contributed by atoms with Gasteiger partial charge in [0.15, 0.2) is 5.82 Å². The molecule has 13 heavy (non-hydrogen) atoms. The lowest BCUT2D eigenvalue weighted by Crippen LogP contribution is -2.25. The highest BCUT2D eigenvalue weighted by atomic mass is 16.2. The number of rotatable bonds is 2. The number of amides is 2. The number of nitrogens with zero attached hydrogens (tertiary/aromatic N) is 2. The molecule has 1 heterocycles. The second kappa shape index (κ2) is 3.90. The summed E-state index contributed by atoms with van der Waals surface area (Å²) in [6, 6.07) is -0.298. The Labute approximate surface area is 76.1 Å². The van der Waals surface area contributed by atoms with Gasteiger partial charge in [0.1, 0.15) is 0 Å². The smallest absolute Gasteiger partial charge is 0.320 e. The Morgan fingerprint density at radius 3 is 3.00 bits per heavy atom. The highest BCUT2D eigenvalue weighted by molar-refractivity contribution is 5.88. The number of anilines is 1. The van der Waals surface area contributed by atoms with E-state index in [0.717, 1.165) is 5.56 Å². The molecule has 0 aromatic carbocycles. The van der Waals surface area contributed by atoms with Crippen LogP contribution in [0, 0.1) is 0 Å². The standard InChI is InChI=1S/C7H13N5O/c1-9-7(13)10-6-5(3-8)4-12(2)11-6/h4H,3,8H2,1-2H3,(H2,9,10,11,13). The Balaban J connectivity index is 2.80. The molecule has 0 atom stereocenters. The Morgan fingerprint density at radius 2 is 2.46 bits per heavy atom. The third-order valence-electron chi connectivity index (χ3n) is 1.58. The second-order valence-corrected chi connectivity index (χ2v) is 2.58. The SMILES string of the molecule is CNC(=O)Nc1nn(C)cc1CN. The minimum absolute atomic E-state index is 0.298. The Bertz CT molecular complexity index is 306. The van der Waals surface area contributed by atoms with Crippen molar-refractivity contribution in [3.05, 3.63) is 11.8 Å². The van der Waals surface area contributed by atoms with E-state index < -0.39 is 0 Å². The molecule has 1 rings (SSSR count). The zero-order chi connectivity index (χ0) is 9.84. The molecule has 0 unspecified atom stereocenters. The van der Waals surface area contributed by atoms with Gasteiger partial charge < -0.3 is 11.1 Å². The monoisotopic (exact) mass is 183 g/mol. The van der Waals surface area contributed by atoms with Crippen molar-refractivity contribution in [2.75, 3.05) is 12.4 Å². The van der Waals surface area contributed by atoms with Gasteiger partial charge in [-0.2, -0.15) is 5.10 Å². The Morgan fingerprint density at radius 1 is 1.77 bits per heavy atom. The number of hydrogen-bond donors (Lipinski definition) is 3. The third-order valence-corrected chi connectivity index (χ3v) is 1.58. The van der Waals surface area contributed by atoms with Gasteiger partial charge in [0.25, 0.3) is 0 Å². The number of nitrogens with one attached hydrogen (secondary N) is 2. The van der Waals surface area contributed by atoms with Gasteiger partial charge in [0.05, 0.1) is 0 Å². The molecule has 0 fully saturated rings. The van der Waals surface area contributed by atoms with E-state index in [9.17, 15) is 4.79 Å². The van der Waals surface area contributed by atoms with Gasteiger partial charge in [-0.25, -0.2) is 4.79 Å². The number of aromatic nitrogens is 2. The summed E-state index contributed by atoms with van der Waals surface area (Å²) in [5.74, 6) is 0.504. The number of hydrogen-bond acceptors (Lipinski definition) is 3. The predicted molar refractivity (Wildman–Crippen MR) is 49.2 cm³/mol. The van der Waals surface area contributed by atoms with Crippen LogP contribution in [0.2, 0.25) is 0 Å². The second-order valence-electron chi connectivity index (χ2n) is 2.58. The van der Waals surface area contributed by atoms with Crippen molar-refractivity contribution in [2.24, 2.45) is 12.8 Å². The molecule has 0 bridgehead atoms. The van der Waals surface area contributed by atoms with Crippen LogP contribution in [0.4, 0.5) is 10.6 Å². The van der Waals surface area contributed by atoms with Crippen molar-refractivity contribution in [3.8, 4) is 0 Å². The van der Waals surface area contributed by atoms with Gasteiger partial charge in [-0.05, 0) is 0 Å². The van der Waals surface area contributed by atoms with Crippen LogP contribution >= 0.6 is 0 Å². The van der Waals surface area contributed by atoms with Gasteiger partial charge in [0.2, 0.25) is 0 Å². The van der Waals surface area contributed by atoms with Gasteiger partial charge in [-0.3, -0.25) is 10.00 Å². The average Bonchev–Trinajstić information content (AvgIpc) is 2.46. The van der Waals surface area contributed by atoms with Crippen LogP contribution in [0.25, 0.3) is 0 Å². The molecule has 0 saturated heterocycles. The normalized spacial score (nSPS) is 9.77. The molecule has 6 nitrogen and oxygen atoms in total. The number of nitrogens with two attached hydrogens (primary N) is 1. The minimum Gasteiger partial charge on any atom is -0.341 e. The first-order chi connectivity index (χ1) is 6.17. The van der Waals surface area contributed by atoms with Crippen LogP contribution in [-0.2, 0) is 13.6 Å². The molecular weight excluding hydrogens is 170 g/mol. The van der Waals surface area contributed by atoms with Crippen LogP contribution in [0.3, 0.4) is 0 Å². The average molecular weight is 183 g/mol. The predicted octanol–water partition coefficient (Wildman–Crippen LogP) is -0.370. The fourth-order valence-corrected chi connectivity index (χ4v) is 0.962. The van der Waals surface area contributed by atoms with Gasteiger partial charge in [-0.15, -0.1) is 0 Å². The van der Waals surface area contributed by atoms with E-state index in [-0.39, 0.29) is 6.03 Å². The molecule has 0 saturated carbocycles. The zero-order valence-electron chi connectivity index (χ0n) is 7.66. The van der Waals surface area contributed by atoms with Crippen LogP contribution < -0.4 is 16.4 Å². The van der Waals surface area contributed by atoms with E-state index in [1.54, 1.807) is 25.0 Å². The van der Waals surface area contributed by atoms with Crippen molar-refractivity contribution in [3.63, 3.8) is 0 Å². The first kappa shape index (κ1) is 9.53. The molecule has 0 aliphatic carbocycles. The zero-order valence-corrected chi connectivity index (χ0v) is 7.66. The summed E-state index contributed by atoms with van der Waals surface area (Å²) >= 11 is 0. The maximum atomic E-state index is 10.9. The Hall–Kier alpha value is -1.56. The number of aryl methyl sites for hydroxylation is 1. The molecule has 1 aromatic heterocycles. The van der Waals surface area contributed by atoms with Gasteiger partial charge in [0, 0.05) is 32.4 Å². The molecule has 0 aliphatic heterocycles. The summed E-state index contributed by atoms with van der Waals surface area (Å²) in [5.41, 5.74) is 6.27. The van der Waals surface area contributed by atoms with Crippen LogP contribution in [0.5, 0.6) is 0 Å². The van der Waals surface area contributed by atoms with Gasteiger partial charge in [-0.1, -0.05) is 0 Å². The van der Waals surface area contributed by atoms with E-state index in [4.69, 9.17) is 5.73 Å². The lowest BCUT2D eigenvalue weighted by molar-refractivity contribution is 0.254. The Kier molecular flexibility index (Phi) is 2.86. The minimum atomic E-state index is -0.298.